The Kier molecular flexibility index (Phi) is 4.19. The number of hydrogen-bond acceptors (Lipinski definition) is 2. The van der Waals surface area contributed by atoms with Crippen LogP contribution in [0.2, 0.25) is 10.0 Å². The van der Waals surface area contributed by atoms with E-state index in [9.17, 15) is 27.5 Å². The Morgan fingerprint density at radius 1 is 1.00 bits per heavy atom. The molecule has 9 heteroatoms. The fraction of sp³-hybridized carbons (Fsp3) is 0. The summed E-state index contributed by atoms with van der Waals surface area (Å²) in [6.45, 7) is 0. The summed E-state index contributed by atoms with van der Waals surface area (Å²) in [6.07, 6.45) is 0. The van der Waals surface area contributed by atoms with Crippen LogP contribution in [0.3, 0.4) is 0 Å². The number of thiophene rings is 1. The Hall–Kier alpha value is -1.83. The maximum Gasteiger partial charge on any atom is 0.346 e. The van der Waals surface area contributed by atoms with E-state index in [0.29, 0.717) is 17.4 Å². The van der Waals surface area contributed by atoms with E-state index in [1.54, 1.807) is 0 Å². The minimum Gasteiger partial charge on any atom is -0.477 e. The van der Waals surface area contributed by atoms with Gasteiger partial charge in [-0.1, -0.05) is 23.2 Å². The summed E-state index contributed by atoms with van der Waals surface area (Å²) in [5, 5.41) is 7.96. The molecule has 1 N–H and O–H groups in total. The molecule has 0 aliphatic heterocycles. The molecule has 2 aromatic carbocycles. The minimum absolute atomic E-state index is 0.0457. The highest BCUT2D eigenvalue weighted by Crippen LogP contribution is 2.44. The van der Waals surface area contributed by atoms with Crippen molar-refractivity contribution in [3.05, 3.63) is 56.4 Å². The Bertz CT molecular complexity index is 1020. The first-order valence-corrected chi connectivity index (χ1v) is 7.78. The van der Waals surface area contributed by atoms with Crippen LogP contribution in [0.5, 0.6) is 0 Å². The lowest BCUT2D eigenvalue weighted by Gasteiger charge is -2.08. The Morgan fingerprint density at radius 2 is 1.67 bits per heavy atom. The second kappa shape index (κ2) is 5.91. The number of halogens is 6. The summed E-state index contributed by atoms with van der Waals surface area (Å²) in [7, 11) is 0. The minimum atomic E-state index is -1.58. The average Bonchev–Trinajstić information content (AvgIpc) is 2.92. The maximum atomic E-state index is 14.3. The van der Waals surface area contributed by atoms with Crippen molar-refractivity contribution in [1.29, 1.82) is 0 Å². The first kappa shape index (κ1) is 17.0. The fourth-order valence-electron chi connectivity index (χ4n) is 2.28. The van der Waals surface area contributed by atoms with E-state index < -0.39 is 44.7 Å². The Morgan fingerprint density at radius 3 is 2.29 bits per heavy atom. The van der Waals surface area contributed by atoms with Gasteiger partial charge in [0.2, 0.25) is 0 Å². The number of rotatable bonds is 2. The lowest BCUT2D eigenvalue weighted by molar-refractivity contribution is 0.0703. The van der Waals surface area contributed by atoms with Gasteiger partial charge in [-0.15, -0.1) is 11.3 Å². The van der Waals surface area contributed by atoms with Crippen LogP contribution >= 0.6 is 34.5 Å². The number of carbonyl (C=O) groups is 1. The van der Waals surface area contributed by atoms with Gasteiger partial charge in [-0.2, -0.15) is 0 Å². The first-order valence-electron chi connectivity index (χ1n) is 6.21. The van der Waals surface area contributed by atoms with Gasteiger partial charge in [-0.25, -0.2) is 22.4 Å². The molecule has 0 bridgehead atoms. The Labute approximate surface area is 145 Å². The molecular formula is C15H4Cl2F4O2S. The van der Waals surface area contributed by atoms with E-state index in [1.807, 2.05) is 0 Å². The van der Waals surface area contributed by atoms with Gasteiger partial charge in [0.25, 0.3) is 0 Å². The number of carboxylic acids is 1. The lowest BCUT2D eigenvalue weighted by Crippen LogP contribution is -1.99. The van der Waals surface area contributed by atoms with Crippen molar-refractivity contribution in [2.24, 2.45) is 0 Å². The van der Waals surface area contributed by atoms with Crippen molar-refractivity contribution in [1.82, 2.24) is 0 Å². The van der Waals surface area contributed by atoms with Gasteiger partial charge in [-0.05, 0) is 18.2 Å². The second-order valence-corrected chi connectivity index (χ2v) is 6.47. The number of carboxylic acid groups (broad SMARTS) is 1. The first-order chi connectivity index (χ1) is 11.2. The highest BCUT2D eigenvalue weighted by molar-refractivity contribution is 7.22. The molecular weight excluding hydrogens is 391 g/mol. The van der Waals surface area contributed by atoms with Crippen LogP contribution in [0.4, 0.5) is 17.6 Å². The van der Waals surface area contributed by atoms with E-state index in [0.717, 1.165) is 6.07 Å². The summed E-state index contributed by atoms with van der Waals surface area (Å²) in [5.74, 6) is -6.60. The number of benzene rings is 2. The molecule has 0 saturated heterocycles. The van der Waals surface area contributed by atoms with Crippen LogP contribution in [-0.4, -0.2) is 11.1 Å². The number of hydrogen-bond donors (Lipinski definition) is 1. The van der Waals surface area contributed by atoms with Gasteiger partial charge < -0.3 is 5.11 Å². The third-order valence-electron chi connectivity index (χ3n) is 3.32. The largest absolute Gasteiger partial charge is 0.477 e. The van der Waals surface area contributed by atoms with Crippen molar-refractivity contribution in [3.8, 4) is 11.1 Å². The molecule has 0 atom stereocenters. The molecule has 2 nitrogen and oxygen atoms in total. The van der Waals surface area contributed by atoms with Crippen LogP contribution < -0.4 is 0 Å². The normalized spacial score (nSPS) is 11.2. The summed E-state index contributed by atoms with van der Waals surface area (Å²) >= 11 is 11.8. The molecule has 3 rings (SSSR count). The quantitative estimate of drug-likeness (QED) is 0.322. The molecule has 1 heterocycles. The van der Waals surface area contributed by atoms with Gasteiger partial charge in [0.15, 0.2) is 17.5 Å². The highest BCUT2D eigenvalue weighted by atomic mass is 35.5. The van der Waals surface area contributed by atoms with Crippen molar-refractivity contribution in [2.45, 2.75) is 0 Å². The zero-order chi connectivity index (χ0) is 17.8. The average molecular weight is 395 g/mol. The molecule has 0 fully saturated rings. The topological polar surface area (TPSA) is 37.3 Å². The zero-order valence-electron chi connectivity index (χ0n) is 11.3. The van der Waals surface area contributed by atoms with Crippen molar-refractivity contribution in [2.75, 3.05) is 0 Å². The second-order valence-electron chi connectivity index (χ2n) is 4.70. The van der Waals surface area contributed by atoms with E-state index in [4.69, 9.17) is 23.2 Å². The van der Waals surface area contributed by atoms with Gasteiger partial charge in [0.05, 0.1) is 9.72 Å². The summed E-state index contributed by atoms with van der Waals surface area (Å²) < 4.78 is 54.9. The zero-order valence-corrected chi connectivity index (χ0v) is 13.6. The summed E-state index contributed by atoms with van der Waals surface area (Å²) in [4.78, 5) is 11.1. The number of aromatic carboxylic acids is 1. The third-order valence-corrected chi connectivity index (χ3v) is 5.34. The van der Waals surface area contributed by atoms with Crippen LogP contribution in [0, 0.1) is 23.3 Å². The van der Waals surface area contributed by atoms with Crippen LogP contribution in [-0.2, 0) is 0 Å². The van der Waals surface area contributed by atoms with Crippen molar-refractivity contribution < 1.29 is 27.5 Å². The molecule has 3 aromatic rings. The molecule has 0 spiro atoms. The van der Waals surface area contributed by atoms with Gasteiger partial charge in [-0.3, -0.25) is 0 Å². The van der Waals surface area contributed by atoms with E-state index >= 15 is 0 Å². The van der Waals surface area contributed by atoms with Crippen molar-refractivity contribution in [3.63, 3.8) is 0 Å². The molecule has 0 aliphatic carbocycles. The smallest absolute Gasteiger partial charge is 0.346 e. The van der Waals surface area contributed by atoms with Gasteiger partial charge in [0, 0.05) is 16.5 Å². The predicted molar refractivity (Wildman–Crippen MR) is 84.1 cm³/mol. The molecule has 24 heavy (non-hydrogen) atoms. The highest BCUT2D eigenvalue weighted by Gasteiger charge is 2.27. The van der Waals surface area contributed by atoms with E-state index in [2.05, 4.69) is 0 Å². The summed E-state index contributed by atoms with van der Waals surface area (Å²) in [6, 6.07) is 2.65. The SMILES string of the molecule is O=C(O)c1sc2c(Cl)c(F)ccc2c1-c1cc(F)c(F)c(Cl)c1F. The van der Waals surface area contributed by atoms with Gasteiger partial charge in [0.1, 0.15) is 15.7 Å². The van der Waals surface area contributed by atoms with Gasteiger partial charge >= 0.3 is 5.97 Å². The Balaban J connectivity index is 2.49. The lowest BCUT2D eigenvalue weighted by atomic mass is 10.0. The van der Waals surface area contributed by atoms with E-state index in [1.165, 1.54) is 6.07 Å². The third kappa shape index (κ3) is 2.44. The summed E-state index contributed by atoms with van der Waals surface area (Å²) in [5.41, 5.74) is -0.798. The molecule has 0 radical (unpaired) electrons. The molecule has 0 saturated carbocycles. The fourth-order valence-corrected chi connectivity index (χ4v) is 3.83. The molecule has 0 amide bonds. The number of fused-ring (bicyclic) bond motifs is 1. The van der Waals surface area contributed by atoms with E-state index in [-0.39, 0.29) is 20.7 Å². The maximum absolute atomic E-state index is 14.3. The molecule has 1 aromatic heterocycles. The predicted octanol–water partition coefficient (Wildman–Crippen LogP) is 6.13. The van der Waals surface area contributed by atoms with Crippen molar-refractivity contribution >= 4 is 50.6 Å². The van der Waals surface area contributed by atoms with Crippen LogP contribution in [0.15, 0.2) is 18.2 Å². The standard InChI is InChI=1S/C15H4Cl2F4O2S/c16-9-6(18)2-1-4-8(14(15(22)23)24-13(4)9)5-3-7(19)12(21)10(17)11(5)20/h1-3H,(H,22,23). The monoisotopic (exact) mass is 394 g/mol. The molecule has 124 valence electrons. The van der Waals surface area contributed by atoms with Crippen LogP contribution in [0.1, 0.15) is 9.67 Å². The molecule has 0 unspecified atom stereocenters. The van der Waals surface area contributed by atoms with Crippen LogP contribution in [0.25, 0.3) is 21.2 Å². The molecule has 0 aliphatic rings.